The number of H-pyrrole nitrogens is 1. The summed E-state index contributed by atoms with van der Waals surface area (Å²) >= 11 is 0. The molecular formula is C15H17FN4O2. The van der Waals surface area contributed by atoms with Gasteiger partial charge in [-0.05, 0) is 18.1 Å². The predicted octanol–water partition coefficient (Wildman–Crippen LogP) is 1.30. The largest absolute Gasteiger partial charge is 0.353 e. The molecule has 0 aliphatic carbocycles. The zero-order valence-corrected chi connectivity index (χ0v) is 12.4. The number of aromatic amines is 1. The third-order valence-electron chi connectivity index (χ3n) is 3.87. The molecular weight excluding hydrogens is 287 g/mol. The highest BCUT2D eigenvalue weighted by molar-refractivity contribution is 6.06. The third kappa shape index (κ3) is 2.32. The molecule has 1 atom stereocenters. The molecule has 1 saturated heterocycles. The van der Waals surface area contributed by atoms with Crippen LogP contribution in [-0.4, -0.2) is 45.8 Å². The van der Waals surface area contributed by atoms with Crippen molar-refractivity contribution in [1.29, 1.82) is 0 Å². The second-order valence-electron chi connectivity index (χ2n) is 5.73. The Morgan fingerprint density at radius 3 is 2.95 bits per heavy atom. The Morgan fingerprint density at radius 2 is 2.23 bits per heavy atom. The van der Waals surface area contributed by atoms with Crippen LogP contribution in [0, 0.1) is 11.7 Å². The number of hydrogen-bond acceptors (Lipinski definition) is 3. The molecule has 2 N–H and O–H groups in total. The van der Waals surface area contributed by atoms with Gasteiger partial charge in [-0.2, -0.15) is 0 Å². The summed E-state index contributed by atoms with van der Waals surface area (Å²) in [6, 6.07) is 1.91. The van der Waals surface area contributed by atoms with Crippen LogP contribution in [0.1, 0.15) is 24.2 Å². The summed E-state index contributed by atoms with van der Waals surface area (Å²) in [5.74, 6) is -1.09. The number of nitrogens with one attached hydrogen (secondary N) is 2. The first kappa shape index (κ1) is 14.5. The van der Waals surface area contributed by atoms with Gasteiger partial charge in [0.25, 0.3) is 5.91 Å². The number of rotatable bonds is 2. The molecule has 6 nitrogen and oxygen atoms in total. The normalized spacial score (nSPS) is 18.8. The monoisotopic (exact) mass is 304 g/mol. The highest BCUT2D eigenvalue weighted by Gasteiger charge is 2.36. The second kappa shape index (κ2) is 5.40. The quantitative estimate of drug-likeness (QED) is 0.878. The number of aromatic nitrogens is 2. The predicted molar refractivity (Wildman–Crippen MR) is 78.7 cm³/mol. The standard InChI is InChI=1S/C15H17FN4O2/c1-8(2)13-14(21)17-3-4-20(13)15(22)10-5-9(16)6-11-12(10)19-7-18-11/h5-8,13H,3-4H2,1-2H3,(H,17,21)(H,18,19)/t13-/m0/s1. The number of piperazine rings is 1. The lowest BCUT2D eigenvalue weighted by atomic mass is 9.98. The van der Waals surface area contributed by atoms with Gasteiger partial charge in [0, 0.05) is 13.1 Å². The maximum absolute atomic E-state index is 13.7. The van der Waals surface area contributed by atoms with Gasteiger partial charge in [0.05, 0.1) is 17.4 Å². The van der Waals surface area contributed by atoms with E-state index in [4.69, 9.17) is 0 Å². The molecule has 1 aliphatic heterocycles. The lowest BCUT2D eigenvalue weighted by Gasteiger charge is -2.37. The highest BCUT2D eigenvalue weighted by Crippen LogP contribution is 2.22. The van der Waals surface area contributed by atoms with Crippen molar-refractivity contribution in [2.24, 2.45) is 5.92 Å². The summed E-state index contributed by atoms with van der Waals surface area (Å²) in [4.78, 5) is 33.3. The first-order valence-corrected chi connectivity index (χ1v) is 7.20. The average Bonchev–Trinajstić information content (AvgIpc) is 2.93. The topological polar surface area (TPSA) is 78.1 Å². The van der Waals surface area contributed by atoms with Crippen molar-refractivity contribution in [3.8, 4) is 0 Å². The Balaban J connectivity index is 2.04. The molecule has 2 aromatic rings. The SMILES string of the molecule is CC(C)[C@H]1C(=O)NCCN1C(=O)c1cc(F)cc2[nH]cnc12. The van der Waals surface area contributed by atoms with E-state index in [1.807, 2.05) is 13.8 Å². The van der Waals surface area contributed by atoms with Gasteiger partial charge in [-0.15, -0.1) is 0 Å². The lowest BCUT2D eigenvalue weighted by molar-refractivity contribution is -0.129. The zero-order chi connectivity index (χ0) is 15.9. The number of imidazole rings is 1. The molecule has 7 heteroatoms. The van der Waals surface area contributed by atoms with Crippen LogP contribution in [-0.2, 0) is 4.79 Å². The molecule has 0 spiro atoms. The van der Waals surface area contributed by atoms with Crippen molar-refractivity contribution < 1.29 is 14.0 Å². The molecule has 1 aromatic heterocycles. The molecule has 1 aromatic carbocycles. The summed E-state index contributed by atoms with van der Waals surface area (Å²) in [6.45, 7) is 4.56. The van der Waals surface area contributed by atoms with Crippen LogP contribution >= 0.6 is 0 Å². The van der Waals surface area contributed by atoms with Crippen LogP contribution in [0.4, 0.5) is 4.39 Å². The van der Waals surface area contributed by atoms with E-state index in [1.54, 1.807) is 0 Å². The van der Waals surface area contributed by atoms with E-state index in [0.29, 0.717) is 24.1 Å². The van der Waals surface area contributed by atoms with Gasteiger partial charge >= 0.3 is 0 Å². The Kier molecular flexibility index (Phi) is 3.56. The maximum atomic E-state index is 13.7. The molecule has 0 radical (unpaired) electrons. The average molecular weight is 304 g/mol. The minimum absolute atomic E-state index is 0.0347. The van der Waals surface area contributed by atoms with E-state index in [2.05, 4.69) is 15.3 Å². The van der Waals surface area contributed by atoms with Gasteiger partial charge in [0.1, 0.15) is 17.4 Å². The number of hydrogen-bond donors (Lipinski definition) is 2. The van der Waals surface area contributed by atoms with E-state index < -0.39 is 11.9 Å². The number of fused-ring (bicyclic) bond motifs is 1. The first-order valence-electron chi connectivity index (χ1n) is 7.20. The van der Waals surface area contributed by atoms with Gasteiger partial charge < -0.3 is 15.2 Å². The van der Waals surface area contributed by atoms with Crippen molar-refractivity contribution in [1.82, 2.24) is 20.2 Å². The number of halogens is 1. The minimum atomic E-state index is -0.557. The second-order valence-corrected chi connectivity index (χ2v) is 5.73. The molecule has 2 amide bonds. The van der Waals surface area contributed by atoms with Gasteiger partial charge in [-0.3, -0.25) is 9.59 Å². The van der Waals surface area contributed by atoms with Crippen molar-refractivity contribution in [3.05, 3.63) is 29.8 Å². The fourth-order valence-electron chi connectivity index (χ4n) is 2.91. The molecule has 0 bridgehead atoms. The van der Waals surface area contributed by atoms with Gasteiger partial charge in [0.15, 0.2) is 0 Å². The van der Waals surface area contributed by atoms with Gasteiger partial charge in [-0.1, -0.05) is 13.8 Å². The molecule has 2 heterocycles. The van der Waals surface area contributed by atoms with E-state index in [1.165, 1.54) is 23.4 Å². The van der Waals surface area contributed by atoms with Gasteiger partial charge in [0.2, 0.25) is 5.91 Å². The molecule has 1 fully saturated rings. The molecule has 22 heavy (non-hydrogen) atoms. The van der Waals surface area contributed by atoms with Crippen LogP contribution in [0.5, 0.6) is 0 Å². The van der Waals surface area contributed by atoms with Crippen LogP contribution in [0.25, 0.3) is 11.0 Å². The Hall–Kier alpha value is -2.44. The fraction of sp³-hybridized carbons (Fsp3) is 0.400. The smallest absolute Gasteiger partial charge is 0.256 e. The van der Waals surface area contributed by atoms with Crippen molar-refractivity contribution in [2.45, 2.75) is 19.9 Å². The summed E-state index contributed by atoms with van der Waals surface area (Å²) < 4.78 is 13.7. The number of benzene rings is 1. The molecule has 116 valence electrons. The summed E-state index contributed by atoms with van der Waals surface area (Å²) in [5.41, 5.74) is 1.06. The van der Waals surface area contributed by atoms with Crippen molar-refractivity contribution >= 4 is 22.8 Å². The minimum Gasteiger partial charge on any atom is -0.353 e. The Labute approximate surface area is 126 Å². The maximum Gasteiger partial charge on any atom is 0.256 e. The van der Waals surface area contributed by atoms with Gasteiger partial charge in [-0.25, -0.2) is 9.37 Å². The Morgan fingerprint density at radius 1 is 1.45 bits per heavy atom. The highest BCUT2D eigenvalue weighted by atomic mass is 19.1. The van der Waals surface area contributed by atoms with Crippen LogP contribution in [0.2, 0.25) is 0 Å². The molecule has 1 aliphatic rings. The van der Waals surface area contributed by atoms with Crippen LogP contribution in [0.15, 0.2) is 18.5 Å². The number of carbonyl (C=O) groups is 2. The molecule has 0 unspecified atom stereocenters. The molecule has 3 rings (SSSR count). The van der Waals surface area contributed by atoms with E-state index in [-0.39, 0.29) is 23.3 Å². The first-order chi connectivity index (χ1) is 10.5. The molecule has 0 saturated carbocycles. The lowest BCUT2D eigenvalue weighted by Crippen LogP contribution is -2.59. The van der Waals surface area contributed by atoms with Crippen LogP contribution < -0.4 is 5.32 Å². The fourth-order valence-corrected chi connectivity index (χ4v) is 2.91. The zero-order valence-electron chi connectivity index (χ0n) is 12.4. The Bertz CT molecular complexity index is 740. The number of carbonyl (C=O) groups excluding carboxylic acids is 2. The third-order valence-corrected chi connectivity index (χ3v) is 3.87. The summed E-state index contributed by atoms with van der Waals surface area (Å²) in [6.07, 6.45) is 1.42. The van der Waals surface area contributed by atoms with Crippen LogP contribution in [0.3, 0.4) is 0 Å². The summed E-state index contributed by atoms with van der Waals surface area (Å²) in [7, 11) is 0. The summed E-state index contributed by atoms with van der Waals surface area (Å²) in [5, 5.41) is 2.76. The number of nitrogens with zero attached hydrogens (tertiary/aromatic N) is 2. The van der Waals surface area contributed by atoms with Crippen molar-refractivity contribution in [2.75, 3.05) is 13.1 Å². The van der Waals surface area contributed by atoms with Crippen molar-refractivity contribution in [3.63, 3.8) is 0 Å². The van der Waals surface area contributed by atoms with E-state index >= 15 is 0 Å². The van der Waals surface area contributed by atoms with E-state index in [9.17, 15) is 14.0 Å². The number of amides is 2. The van der Waals surface area contributed by atoms with E-state index in [0.717, 1.165) is 0 Å².